The molecule has 1 amide bonds. The summed E-state index contributed by atoms with van der Waals surface area (Å²) in [7, 11) is 3.44. The number of nitrogens with zero attached hydrogens (tertiary/aromatic N) is 2. The molecule has 0 unspecified atom stereocenters. The van der Waals surface area contributed by atoms with Crippen LogP contribution in [-0.2, 0) is 4.79 Å². The largest absolute Gasteiger partial charge is 0.358 e. The normalized spacial score (nSPS) is 21.5. The Morgan fingerprint density at radius 1 is 1.73 bits per heavy atom. The molecule has 0 aliphatic carbocycles. The minimum Gasteiger partial charge on any atom is -0.358 e. The van der Waals surface area contributed by atoms with Gasteiger partial charge in [0.2, 0.25) is 5.91 Å². The molecule has 4 nitrogen and oxygen atoms in total. The Hall–Kier alpha value is -1.08. The highest BCUT2D eigenvalue weighted by atomic mass is 16.2. The fourth-order valence-corrected chi connectivity index (χ4v) is 1.38. The number of carbonyl (C=O) groups is 1. The summed E-state index contributed by atoms with van der Waals surface area (Å²) < 4.78 is 0. The van der Waals surface area contributed by atoms with Crippen LogP contribution in [0.5, 0.6) is 0 Å². The zero-order valence-corrected chi connectivity index (χ0v) is 6.72. The molecule has 0 saturated carbocycles. The van der Waals surface area contributed by atoms with E-state index in [0.29, 0.717) is 13.1 Å². The van der Waals surface area contributed by atoms with Crippen LogP contribution in [0.1, 0.15) is 0 Å². The quantitative estimate of drug-likeness (QED) is 0.536. The van der Waals surface area contributed by atoms with Crippen LogP contribution in [0, 0.1) is 16.7 Å². The van der Waals surface area contributed by atoms with Crippen LogP contribution in [0.15, 0.2) is 0 Å². The topological polar surface area (TPSA) is 56.1 Å². The Bertz CT molecular complexity index is 212. The summed E-state index contributed by atoms with van der Waals surface area (Å²) >= 11 is 0. The molecule has 11 heavy (non-hydrogen) atoms. The van der Waals surface area contributed by atoms with E-state index < -0.39 is 5.41 Å². The summed E-state index contributed by atoms with van der Waals surface area (Å²) in [4.78, 5) is 13.1. The van der Waals surface area contributed by atoms with Crippen molar-refractivity contribution in [3.63, 3.8) is 0 Å². The van der Waals surface area contributed by atoms with Crippen molar-refractivity contribution in [2.24, 2.45) is 5.41 Å². The third-order valence-corrected chi connectivity index (χ3v) is 1.96. The first-order valence-electron chi connectivity index (χ1n) is 3.46. The van der Waals surface area contributed by atoms with Gasteiger partial charge in [-0.15, -0.1) is 0 Å². The zero-order valence-electron chi connectivity index (χ0n) is 6.72. The molecule has 0 aromatic heterocycles. The maximum atomic E-state index is 11.1. The number of hydrogen-bond donors (Lipinski definition) is 1. The van der Waals surface area contributed by atoms with Crippen molar-refractivity contribution in [3.8, 4) is 6.07 Å². The van der Waals surface area contributed by atoms with Crippen LogP contribution >= 0.6 is 0 Å². The minimum atomic E-state index is -0.774. The molecule has 1 rings (SSSR count). The highest BCUT2D eigenvalue weighted by Gasteiger charge is 2.47. The highest BCUT2D eigenvalue weighted by molar-refractivity contribution is 5.86. The van der Waals surface area contributed by atoms with Gasteiger partial charge in [0.15, 0.2) is 5.41 Å². The van der Waals surface area contributed by atoms with Gasteiger partial charge in [0, 0.05) is 20.1 Å². The molecular weight excluding hydrogens is 142 g/mol. The van der Waals surface area contributed by atoms with Crippen molar-refractivity contribution < 1.29 is 4.79 Å². The lowest BCUT2D eigenvalue weighted by molar-refractivity contribution is -0.134. The Kier molecular flexibility index (Phi) is 1.83. The lowest BCUT2D eigenvalue weighted by atomic mass is 9.81. The van der Waals surface area contributed by atoms with E-state index >= 15 is 0 Å². The second-order valence-corrected chi connectivity index (χ2v) is 2.95. The molecule has 4 heteroatoms. The van der Waals surface area contributed by atoms with Gasteiger partial charge in [0.25, 0.3) is 0 Å². The van der Waals surface area contributed by atoms with E-state index in [2.05, 4.69) is 5.32 Å². The fourth-order valence-electron chi connectivity index (χ4n) is 1.38. The number of nitriles is 1. The first-order chi connectivity index (χ1) is 5.14. The van der Waals surface area contributed by atoms with Crippen LogP contribution in [0.4, 0.5) is 0 Å². The van der Waals surface area contributed by atoms with Crippen molar-refractivity contribution in [2.75, 3.05) is 27.2 Å². The van der Waals surface area contributed by atoms with E-state index in [0.717, 1.165) is 0 Å². The summed E-state index contributed by atoms with van der Waals surface area (Å²) in [6.45, 7) is 1.09. The molecule has 1 aliphatic rings. The third-order valence-electron chi connectivity index (χ3n) is 1.96. The average molecular weight is 153 g/mol. The van der Waals surface area contributed by atoms with Gasteiger partial charge < -0.3 is 10.2 Å². The molecule has 1 N–H and O–H groups in total. The van der Waals surface area contributed by atoms with Crippen molar-refractivity contribution in [2.45, 2.75) is 0 Å². The molecule has 60 valence electrons. The Balaban J connectivity index is 2.66. The maximum absolute atomic E-state index is 11.1. The predicted molar refractivity (Wildman–Crippen MR) is 39.6 cm³/mol. The van der Waals surface area contributed by atoms with Crippen LogP contribution < -0.4 is 5.32 Å². The molecule has 1 aliphatic heterocycles. The molecule has 0 aromatic carbocycles. The van der Waals surface area contributed by atoms with Crippen molar-refractivity contribution in [3.05, 3.63) is 0 Å². The van der Waals surface area contributed by atoms with Crippen molar-refractivity contribution in [1.29, 1.82) is 5.26 Å². The van der Waals surface area contributed by atoms with Crippen molar-refractivity contribution >= 4 is 5.91 Å². The van der Waals surface area contributed by atoms with Crippen LogP contribution in [0.25, 0.3) is 0 Å². The summed E-state index contributed by atoms with van der Waals surface area (Å²) in [6.07, 6.45) is 0. The Morgan fingerprint density at radius 3 is 2.55 bits per heavy atom. The van der Waals surface area contributed by atoms with E-state index in [1.165, 1.54) is 0 Å². The van der Waals surface area contributed by atoms with Gasteiger partial charge in [-0.3, -0.25) is 4.79 Å². The Morgan fingerprint density at radius 2 is 2.27 bits per heavy atom. The van der Waals surface area contributed by atoms with Gasteiger partial charge in [-0.2, -0.15) is 5.26 Å². The van der Waals surface area contributed by atoms with Gasteiger partial charge in [-0.05, 0) is 7.05 Å². The van der Waals surface area contributed by atoms with E-state index in [1.807, 2.05) is 18.0 Å². The summed E-state index contributed by atoms with van der Waals surface area (Å²) in [5, 5.41) is 11.2. The summed E-state index contributed by atoms with van der Waals surface area (Å²) in [5.41, 5.74) is -0.774. The van der Waals surface area contributed by atoms with Crippen LogP contribution in [0.2, 0.25) is 0 Å². The molecule has 0 radical (unpaired) electrons. The molecule has 1 heterocycles. The third kappa shape index (κ3) is 1.08. The van der Waals surface area contributed by atoms with E-state index in [1.54, 1.807) is 7.05 Å². The fraction of sp³-hybridized carbons (Fsp3) is 0.714. The molecule has 1 fully saturated rings. The monoisotopic (exact) mass is 153 g/mol. The molecule has 0 atom stereocenters. The summed E-state index contributed by atoms with van der Waals surface area (Å²) in [5.74, 6) is -0.168. The van der Waals surface area contributed by atoms with Gasteiger partial charge in [0.1, 0.15) is 0 Å². The number of nitrogens with one attached hydrogen (secondary N) is 1. The molecule has 0 spiro atoms. The lowest BCUT2D eigenvalue weighted by Crippen LogP contribution is -2.60. The maximum Gasteiger partial charge on any atom is 0.242 e. The van der Waals surface area contributed by atoms with Crippen LogP contribution in [-0.4, -0.2) is 38.0 Å². The number of amides is 1. The first kappa shape index (κ1) is 8.02. The SMILES string of the molecule is CNC(=O)C1(C#N)CN(C)C1. The average Bonchev–Trinajstić information content (AvgIpc) is 1.96. The van der Waals surface area contributed by atoms with Crippen molar-refractivity contribution in [1.82, 2.24) is 10.2 Å². The zero-order chi connectivity index (χ0) is 8.48. The Labute approximate surface area is 65.8 Å². The van der Waals surface area contributed by atoms with E-state index in [9.17, 15) is 4.79 Å². The van der Waals surface area contributed by atoms with Gasteiger partial charge in [-0.1, -0.05) is 0 Å². The second-order valence-electron chi connectivity index (χ2n) is 2.95. The smallest absolute Gasteiger partial charge is 0.242 e. The molecule has 1 saturated heterocycles. The lowest BCUT2D eigenvalue weighted by Gasteiger charge is -2.41. The predicted octanol–water partition coefficient (Wildman–Crippen LogP) is -0.812. The van der Waals surface area contributed by atoms with Gasteiger partial charge in [0.05, 0.1) is 6.07 Å². The standard InChI is InChI=1S/C7H11N3O/c1-9-6(11)7(3-8)4-10(2)5-7/h4-5H2,1-2H3,(H,9,11). The molecule has 0 bridgehead atoms. The molecule has 0 aromatic rings. The van der Waals surface area contributed by atoms with Crippen LogP contribution in [0.3, 0.4) is 0 Å². The van der Waals surface area contributed by atoms with Gasteiger partial charge in [-0.25, -0.2) is 0 Å². The van der Waals surface area contributed by atoms with E-state index in [-0.39, 0.29) is 5.91 Å². The minimum absolute atomic E-state index is 0.168. The highest BCUT2D eigenvalue weighted by Crippen LogP contribution is 2.27. The first-order valence-corrected chi connectivity index (χ1v) is 3.46. The second kappa shape index (κ2) is 2.51. The molecular formula is C7H11N3O. The number of hydrogen-bond acceptors (Lipinski definition) is 3. The van der Waals surface area contributed by atoms with Gasteiger partial charge >= 0.3 is 0 Å². The number of likely N-dealkylation sites (tertiary alicyclic amines) is 1. The van der Waals surface area contributed by atoms with E-state index in [4.69, 9.17) is 5.26 Å². The summed E-state index contributed by atoms with van der Waals surface area (Å²) in [6, 6.07) is 2.04. The number of carbonyl (C=O) groups excluding carboxylic acids is 1. The number of rotatable bonds is 1.